The minimum atomic E-state index is -0.366. The second kappa shape index (κ2) is 7.67. The molecule has 4 aromatic rings. The molecule has 156 valence electrons. The van der Waals surface area contributed by atoms with Gasteiger partial charge in [0, 0.05) is 47.2 Å². The standard InChI is InChI=1S/C24H21N3O3S/c1-14-21(31-22(25-14)15-6-4-3-5-7-15)23(28)27-11-10-20-18(13-27)17-12-16(24(29)30-2)8-9-19(17)26-20/h3-9,12,26H,10-11,13H2,1-2H3. The van der Waals surface area contributed by atoms with Crippen LogP contribution < -0.4 is 0 Å². The number of methoxy groups -OCH3 is 1. The van der Waals surface area contributed by atoms with Crippen molar-refractivity contribution in [1.82, 2.24) is 14.9 Å². The van der Waals surface area contributed by atoms with Crippen molar-refractivity contribution in [2.75, 3.05) is 13.7 Å². The minimum absolute atomic E-state index is 0.00121. The molecule has 0 radical (unpaired) electrons. The SMILES string of the molecule is COC(=O)c1ccc2[nH]c3c(c2c1)CN(C(=O)c1sc(-c2ccccc2)nc1C)CC3. The van der Waals surface area contributed by atoms with Gasteiger partial charge in [0.1, 0.15) is 9.88 Å². The van der Waals surface area contributed by atoms with E-state index in [0.717, 1.165) is 44.8 Å². The number of amides is 1. The molecule has 7 heteroatoms. The lowest BCUT2D eigenvalue weighted by molar-refractivity contribution is 0.0600. The molecule has 0 aliphatic carbocycles. The Morgan fingerprint density at radius 1 is 1.16 bits per heavy atom. The molecule has 0 fully saturated rings. The molecule has 0 spiro atoms. The third kappa shape index (κ3) is 3.41. The number of hydrogen-bond acceptors (Lipinski definition) is 5. The van der Waals surface area contributed by atoms with E-state index in [1.165, 1.54) is 18.4 Å². The summed E-state index contributed by atoms with van der Waals surface area (Å²) in [5.74, 6) is -0.365. The summed E-state index contributed by atoms with van der Waals surface area (Å²) in [7, 11) is 1.38. The zero-order valence-electron chi connectivity index (χ0n) is 17.3. The lowest BCUT2D eigenvalue weighted by Crippen LogP contribution is -2.35. The van der Waals surface area contributed by atoms with Crippen LogP contribution in [0, 0.1) is 6.92 Å². The average molecular weight is 432 g/mol. The van der Waals surface area contributed by atoms with E-state index < -0.39 is 0 Å². The normalized spacial score (nSPS) is 13.3. The number of rotatable bonds is 3. The number of esters is 1. The summed E-state index contributed by atoms with van der Waals surface area (Å²) in [6.07, 6.45) is 0.743. The first kappa shape index (κ1) is 19.5. The Hall–Kier alpha value is -3.45. The Bertz CT molecular complexity index is 1310. The number of benzene rings is 2. The highest BCUT2D eigenvalue weighted by molar-refractivity contribution is 7.17. The van der Waals surface area contributed by atoms with Gasteiger partial charge in [0.2, 0.25) is 0 Å². The zero-order valence-corrected chi connectivity index (χ0v) is 18.1. The van der Waals surface area contributed by atoms with Crippen LogP contribution in [0.3, 0.4) is 0 Å². The molecule has 6 nitrogen and oxygen atoms in total. The van der Waals surface area contributed by atoms with E-state index in [0.29, 0.717) is 23.5 Å². The summed E-state index contributed by atoms with van der Waals surface area (Å²) in [5, 5.41) is 1.82. The van der Waals surface area contributed by atoms with Gasteiger partial charge in [-0.25, -0.2) is 9.78 Å². The van der Waals surface area contributed by atoms with Crippen LogP contribution in [-0.2, 0) is 17.7 Å². The number of hydrogen-bond donors (Lipinski definition) is 1. The van der Waals surface area contributed by atoms with Crippen LogP contribution in [0.1, 0.15) is 37.0 Å². The number of fused-ring (bicyclic) bond motifs is 3. The topological polar surface area (TPSA) is 75.3 Å². The number of carbonyl (C=O) groups is 2. The largest absolute Gasteiger partial charge is 0.465 e. The third-order valence-electron chi connectivity index (χ3n) is 5.70. The fraction of sp³-hybridized carbons (Fsp3) is 0.208. The zero-order chi connectivity index (χ0) is 21.5. The summed E-state index contributed by atoms with van der Waals surface area (Å²) in [5.41, 5.74) is 5.42. The maximum absolute atomic E-state index is 13.4. The first-order valence-electron chi connectivity index (χ1n) is 10.1. The molecule has 31 heavy (non-hydrogen) atoms. The van der Waals surface area contributed by atoms with Crippen LogP contribution in [0.15, 0.2) is 48.5 Å². The van der Waals surface area contributed by atoms with Gasteiger partial charge in [0.05, 0.1) is 18.4 Å². The second-order valence-corrected chi connectivity index (χ2v) is 8.61. The van der Waals surface area contributed by atoms with Crippen molar-refractivity contribution in [3.8, 4) is 10.6 Å². The molecule has 1 amide bonds. The number of thiazole rings is 1. The van der Waals surface area contributed by atoms with Crippen LogP contribution in [0.25, 0.3) is 21.5 Å². The van der Waals surface area contributed by atoms with Crippen molar-refractivity contribution in [2.45, 2.75) is 19.9 Å². The van der Waals surface area contributed by atoms with E-state index in [-0.39, 0.29) is 11.9 Å². The van der Waals surface area contributed by atoms with E-state index in [1.54, 1.807) is 6.07 Å². The smallest absolute Gasteiger partial charge is 0.337 e. The number of aryl methyl sites for hydroxylation is 1. The molecule has 3 heterocycles. The molecule has 1 aliphatic heterocycles. The molecule has 1 aliphatic rings. The molecule has 2 aromatic heterocycles. The predicted molar refractivity (Wildman–Crippen MR) is 120 cm³/mol. The van der Waals surface area contributed by atoms with Crippen molar-refractivity contribution in [1.29, 1.82) is 0 Å². The number of nitrogens with zero attached hydrogens (tertiary/aromatic N) is 2. The van der Waals surface area contributed by atoms with Crippen LogP contribution in [-0.4, -0.2) is 40.4 Å². The molecule has 0 saturated carbocycles. The fourth-order valence-corrected chi connectivity index (χ4v) is 5.11. The van der Waals surface area contributed by atoms with Crippen molar-refractivity contribution < 1.29 is 14.3 Å². The Morgan fingerprint density at radius 3 is 2.74 bits per heavy atom. The van der Waals surface area contributed by atoms with Gasteiger partial charge in [-0.05, 0) is 25.1 Å². The summed E-state index contributed by atoms with van der Waals surface area (Å²) in [4.78, 5) is 35.9. The number of H-pyrrole nitrogens is 1. The molecular weight excluding hydrogens is 410 g/mol. The van der Waals surface area contributed by atoms with E-state index in [4.69, 9.17) is 4.74 Å². The molecule has 0 atom stereocenters. The first-order valence-corrected chi connectivity index (χ1v) is 10.9. The van der Waals surface area contributed by atoms with Crippen molar-refractivity contribution in [3.05, 3.63) is 75.9 Å². The Kier molecular flexibility index (Phi) is 4.82. The molecular formula is C24H21N3O3S. The van der Waals surface area contributed by atoms with E-state index in [1.807, 2.05) is 54.3 Å². The highest BCUT2D eigenvalue weighted by Gasteiger charge is 2.28. The van der Waals surface area contributed by atoms with Gasteiger partial charge in [-0.15, -0.1) is 11.3 Å². The van der Waals surface area contributed by atoms with Gasteiger partial charge in [-0.1, -0.05) is 30.3 Å². The summed E-state index contributed by atoms with van der Waals surface area (Å²) < 4.78 is 4.86. The third-order valence-corrected chi connectivity index (χ3v) is 6.89. The monoisotopic (exact) mass is 431 g/mol. The second-order valence-electron chi connectivity index (χ2n) is 7.61. The average Bonchev–Trinajstić information content (AvgIpc) is 3.38. The van der Waals surface area contributed by atoms with Gasteiger partial charge < -0.3 is 14.6 Å². The van der Waals surface area contributed by atoms with Crippen molar-refractivity contribution in [3.63, 3.8) is 0 Å². The number of aromatic nitrogens is 2. The quantitative estimate of drug-likeness (QED) is 0.482. The first-order chi connectivity index (χ1) is 15.0. The van der Waals surface area contributed by atoms with Crippen molar-refractivity contribution >= 4 is 34.1 Å². The van der Waals surface area contributed by atoms with E-state index >= 15 is 0 Å². The maximum atomic E-state index is 13.4. The summed E-state index contributed by atoms with van der Waals surface area (Å²) in [6.45, 7) is 3.03. The number of nitrogens with one attached hydrogen (secondary N) is 1. The van der Waals surface area contributed by atoms with Crippen LogP contribution in [0.4, 0.5) is 0 Å². The van der Waals surface area contributed by atoms with Gasteiger partial charge >= 0.3 is 5.97 Å². The van der Waals surface area contributed by atoms with Gasteiger partial charge in [0.15, 0.2) is 0 Å². The molecule has 0 unspecified atom stereocenters. The maximum Gasteiger partial charge on any atom is 0.337 e. The van der Waals surface area contributed by atoms with Gasteiger partial charge in [0.25, 0.3) is 5.91 Å². The Balaban J connectivity index is 1.46. The number of ether oxygens (including phenoxy) is 1. The molecule has 0 bridgehead atoms. The predicted octanol–water partition coefficient (Wildman–Crippen LogP) is 4.58. The van der Waals surface area contributed by atoms with Gasteiger partial charge in [-0.2, -0.15) is 0 Å². The van der Waals surface area contributed by atoms with E-state index in [2.05, 4.69) is 9.97 Å². The van der Waals surface area contributed by atoms with Crippen LogP contribution >= 0.6 is 11.3 Å². The molecule has 2 aromatic carbocycles. The molecule has 1 N–H and O–H groups in total. The number of aromatic amines is 1. The van der Waals surface area contributed by atoms with Gasteiger partial charge in [-0.3, -0.25) is 4.79 Å². The van der Waals surface area contributed by atoms with Crippen LogP contribution in [0.5, 0.6) is 0 Å². The Morgan fingerprint density at radius 2 is 1.97 bits per heavy atom. The lowest BCUT2D eigenvalue weighted by atomic mass is 10.0. The fourth-order valence-electron chi connectivity index (χ4n) is 4.07. The van der Waals surface area contributed by atoms with Crippen molar-refractivity contribution in [2.24, 2.45) is 0 Å². The molecule has 5 rings (SSSR count). The number of carbonyl (C=O) groups excluding carboxylic acids is 2. The van der Waals surface area contributed by atoms with E-state index in [9.17, 15) is 9.59 Å². The highest BCUT2D eigenvalue weighted by Crippen LogP contribution is 2.32. The molecule has 0 saturated heterocycles. The summed E-state index contributed by atoms with van der Waals surface area (Å²) >= 11 is 1.44. The summed E-state index contributed by atoms with van der Waals surface area (Å²) in [6, 6.07) is 15.4. The lowest BCUT2D eigenvalue weighted by Gasteiger charge is -2.27. The Labute approximate surface area is 183 Å². The minimum Gasteiger partial charge on any atom is -0.465 e. The highest BCUT2D eigenvalue weighted by atomic mass is 32.1. The van der Waals surface area contributed by atoms with Crippen LogP contribution in [0.2, 0.25) is 0 Å².